The molecule has 3 aliphatic rings. The first-order chi connectivity index (χ1) is 13.7. The van der Waals surface area contributed by atoms with Gasteiger partial charge in [0.15, 0.2) is 0 Å². The average Bonchev–Trinajstić information content (AvgIpc) is 3.33. The Labute approximate surface area is 171 Å². The number of carbonyl (C=O) groups excluding carboxylic acids is 1. The van der Waals surface area contributed by atoms with Gasteiger partial charge in [0.2, 0.25) is 5.91 Å². The predicted molar refractivity (Wildman–Crippen MR) is 112 cm³/mol. The molecule has 1 saturated carbocycles. The van der Waals surface area contributed by atoms with Crippen LogP contribution in [0.3, 0.4) is 0 Å². The number of rotatable bonds is 6. The van der Waals surface area contributed by atoms with Crippen molar-refractivity contribution in [1.29, 1.82) is 0 Å². The lowest BCUT2D eigenvalue weighted by Crippen LogP contribution is -2.41. The molecule has 2 aromatic rings. The third-order valence-corrected chi connectivity index (χ3v) is 7.75. The van der Waals surface area contributed by atoms with E-state index in [2.05, 4.69) is 44.8 Å². The summed E-state index contributed by atoms with van der Waals surface area (Å²) >= 11 is 1.75. The highest BCUT2D eigenvalue weighted by atomic mass is 32.1. The van der Waals surface area contributed by atoms with Gasteiger partial charge in [-0.05, 0) is 73.6 Å². The first kappa shape index (κ1) is 18.3. The molecule has 1 atom stereocenters. The molecule has 0 unspecified atom stereocenters. The molecule has 2 aliphatic carbocycles. The van der Waals surface area contributed by atoms with E-state index in [0.29, 0.717) is 12.3 Å². The van der Waals surface area contributed by atoms with Gasteiger partial charge in [0.05, 0.1) is 6.54 Å². The normalized spacial score (nSPS) is 23.6. The number of hydrogen-bond acceptors (Lipinski definition) is 4. The van der Waals surface area contributed by atoms with Gasteiger partial charge >= 0.3 is 0 Å². The lowest BCUT2D eigenvalue weighted by Gasteiger charge is -2.40. The van der Waals surface area contributed by atoms with Crippen molar-refractivity contribution < 1.29 is 4.79 Å². The summed E-state index contributed by atoms with van der Waals surface area (Å²) in [5.41, 5.74) is 3.21. The summed E-state index contributed by atoms with van der Waals surface area (Å²) in [6.07, 6.45) is 8.63. The van der Waals surface area contributed by atoms with Crippen molar-refractivity contribution in [2.24, 2.45) is 5.92 Å². The SMILES string of the molecule is O=C(C[C@H]1CC2(CCN(Cc3nccs3)CC2)c2ccccc21)NCC1CC1. The van der Waals surface area contributed by atoms with Crippen LogP contribution in [0.25, 0.3) is 0 Å². The highest BCUT2D eigenvalue weighted by Crippen LogP contribution is 2.52. The van der Waals surface area contributed by atoms with Crippen molar-refractivity contribution >= 4 is 17.2 Å². The zero-order chi connectivity index (χ0) is 19.0. The fourth-order valence-corrected chi connectivity index (χ4v) is 5.88. The molecule has 1 aromatic carbocycles. The van der Waals surface area contributed by atoms with Gasteiger partial charge < -0.3 is 5.32 Å². The maximum Gasteiger partial charge on any atom is 0.220 e. The van der Waals surface area contributed by atoms with Crippen LogP contribution in [0.1, 0.15) is 60.6 Å². The Bertz CT molecular complexity index is 822. The largest absolute Gasteiger partial charge is 0.356 e. The third-order valence-electron chi connectivity index (χ3n) is 6.98. The van der Waals surface area contributed by atoms with E-state index in [9.17, 15) is 4.79 Å². The van der Waals surface area contributed by atoms with Crippen molar-refractivity contribution in [3.05, 3.63) is 52.0 Å². The summed E-state index contributed by atoms with van der Waals surface area (Å²) in [4.78, 5) is 19.5. The number of nitrogens with one attached hydrogen (secondary N) is 1. The van der Waals surface area contributed by atoms with E-state index in [1.165, 1.54) is 41.8 Å². The Balaban J connectivity index is 1.26. The summed E-state index contributed by atoms with van der Waals surface area (Å²) < 4.78 is 0. The van der Waals surface area contributed by atoms with Gasteiger partial charge in [0.1, 0.15) is 5.01 Å². The Hall–Kier alpha value is -1.72. The molecule has 0 radical (unpaired) electrons. The van der Waals surface area contributed by atoms with Gasteiger partial charge in [0.25, 0.3) is 0 Å². The molecule has 0 bridgehead atoms. The van der Waals surface area contributed by atoms with Crippen LogP contribution in [0.5, 0.6) is 0 Å². The van der Waals surface area contributed by atoms with Gasteiger partial charge in [-0.15, -0.1) is 11.3 Å². The fourth-order valence-electron chi connectivity index (χ4n) is 5.22. The molecule has 1 aromatic heterocycles. The Morgan fingerprint density at radius 3 is 2.82 bits per heavy atom. The molecular weight excluding hydrogens is 366 g/mol. The number of likely N-dealkylation sites (tertiary alicyclic amines) is 1. The van der Waals surface area contributed by atoms with Crippen molar-refractivity contribution in [2.75, 3.05) is 19.6 Å². The predicted octanol–water partition coefficient (Wildman–Crippen LogP) is 4.08. The molecule has 148 valence electrons. The van der Waals surface area contributed by atoms with Crippen LogP contribution in [-0.2, 0) is 16.8 Å². The molecule has 1 aliphatic heterocycles. The number of amides is 1. The van der Waals surface area contributed by atoms with Gasteiger partial charge in [0, 0.05) is 24.5 Å². The molecule has 28 heavy (non-hydrogen) atoms. The van der Waals surface area contributed by atoms with E-state index >= 15 is 0 Å². The molecule has 4 nitrogen and oxygen atoms in total. The first-order valence-corrected chi connectivity index (χ1v) is 11.6. The standard InChI is InChI=1S/C23H29N3OS/c27-21(25-15-17-5-6-17)13-18-14-23(20-4-2-1-3-19(18)20)7-10-26(11-8-23)16-22-24-9-12-28-22/h1-4,9,12,17-18H,5-8,10-11,13-16H2,(H,25,27)/t18-/m0/s1. The van der Waals surface area contributed by atoms with E-state index < -0.39 is 0 Å². The van der Waals surface area contributed by atoms with E-state index in [1.54, 1.807) is 11.3 Å². The number of hydrogen-bond donors (Lipinski definition) is 1. The molecule has 2 heterocycles. The molecule has 2 fully saturated rings. The van der Waals surface area contributed by atoms with Gasteiger partial charge in [-0.25, -0.2) is 4.98 Å². The zero-order valence-corrected chi connectivity index (χ0v) is 17.2. The number of fused-ring (bicyclic) bond motifs is 2. The van der Waals surface area contributed by atoms with E-state index in [4.69, 9.17) is 0 Å². The zero-order valence-electron chi connectivity index (χ0n) is 16.4. The smallest absolute Gasteiger partial charge is 0.220 e. The van der Waals surface area contributed by atoms with Crippen LogP contribution >= 0.6 is 11.3 Å². The maximum absolute atomic E-state index is 12.5. The molecule has 1 saturated heterocycles. The van der Waals surface area contributed by atoms with Crippen molar-refractivity contribution in [3.63, 3.8) is 0 Å². The number of carbonyl (C=O) groups is 1. The molecule has 1 spiro atoms. The molecule has 1 N–H and O–H groups in total. The van der Waals surface area contributed by atoms with Crippen LogP contribution in [0.2, 0.25) is 0 Å². The Morgan fingerprint density at radius 1 is 1.25 bits per heavy atom. The summed E-state index contributed by atoms with van der Waals surface area (Å²) in [6, 6.07) is 8.92. The second-order valence-corrected chi connectivity index (χ2v) is 9.90. The summed E-state index contributed by atoms with van der Waals surface area (Å²) in [5.74, 6) is 1.36. The minimum Gasteiger partial charge on any atom is -0.356 e. The van der Waals surface area contributed by atoms with E-state index in [0.717, 1.165) is 38.5 Å². The van der Waals surface area contributed by atoms with Gasteiger partial charge in [-0.2, -0.15) is 0 Å². The molecule has 1 amide bonds. The quantitative estimate of drug-likeness (QED) is 0.802. The summed E-state index contributed by atoms with van der Waals surface area (Å²) in [5, 5.41) is 6.45. The first-order valence-electron chi connectivity index (χ1n) is 10.7. The Kier molecular flexibility index (Phi) is 4.97. The average molecular weight is 396 g/mol. The summed E-state index contributed by atoms with van der Waals surface area (Å²) in [6.45, 7) is 4.09. The van der Waals surface area contributed by atoms with Gasteiger partial charge in [-0.1, -0.05) is 24.3 Å². The highest BCUT2D eigenvalue weighted by Gasteiger charge is 2.45. The lowest BCUT2D eigenvalue weighted by atomic mass is 9.73. The van der Waals surface area contributed by atoms with Crippen molar-refractivity contribution in [3.8, 4) is 0 Å². The Morgan fingerprint density at radius 2 is 2.07 bits per heavy atom. The van der Waals surface area contributed by atoms with Crippen LogP contribution < -0.4 is 5.32 Å². The lowest BCUT2D eigenvalue weighted by molar-refractivity contribution is -0.121. The topological polar surface area (TPSA) is 45.2 Å². The van der Waals surface area contributed by atoms with Crippen LogP contribution in [0, 0.1) is 5.92 Å². The van der Waals surface area contributed by atoms with Crippen LogP contribution in [0.15, 0.2) is 35.8 Å². The second-order valence-electron chi connectivity index (χ2n) is 8.92. The monoisotopic (exact) mass is 395 g/mol. The molecular formula is C23H29N3OS. The number of thiazole rings is 1. The minimum absolute atomic E-state index is 0.241. The third kappa shape index (κ3) is 3.74. The van der Waals surface area contributed by atoms with Crippen molar-refractivity contribution in [2.45, 2.75) is 56.4 Å². The second kappa shape index (κ2) is 7.60. The number of nitrogens with zero attached hydrogens (tertiary/aromatic N) is 2. The van der Waals surface area contributed by atoms with E-state index in [1.807, 2.05) is 6.20 Å². The fraction of sp³-hybridized carbons (Fsp3) is 0.565. The maximum atomic E-state index is 12.5. The van der Waals surface area contributed by atoms with Crippen LogP contribution in [0.4, 0.5) is 0 Å². The number of aromatic nitrogens is 1. The minimum atomic E-state index is 0.241. The number of benzene rings is 1. The molecule has 5 rings (SSSR count). The molecule has 5 heteroatoms. The summed E-state index contributed by atoms with van der Waals surface area (Å²) in [7, 11) is 0. The van der Waals surface area contributed by atoms with Crippen molar-refractivity contribution in [1.82, 2.24) is 15.2 Å². The van der Waals surface area contributed by atoms with Gasteiger partial charge in [-0.3, -0.25) is 9.69 Å². The highest BCUT2D eigenvalue weighted by molar-refractivity contribution is 7.09. The number of piperidine rings is 1. The van der Waals surface area contributed by atoms with Crippen LogP contribution in [-0.4, -0.2) is 35.4 Å². The van der Waals surface area contributed by atoms with E-state index in [-0.39, 0.29) is 11.3 Å².